The number of alkyl carbamates (subject to hydrolysis) is 2. The van der Waals surface area contributed by atoms with Crippen LogP contribution in [-0.4, -0.2) is 215 Å². The Hall–Kier alpha value is -7.20. The van der Waals surface area contributed by atoms with Gasteiger partial charge in [0.25, 0.3) is 0 Å². The molecule has 4 fully saturated rings. The molecule has 0 aromatic heterocycles. The Bertz CT molecular complexity index is 2790. The predicted octanol–water partition coefficient (Wildman–Crippen LogP) is 14.5. The number of hydrogen-bond acceptors (Lipinski definition) is 20. The average molecular weight is 1530 g/mol. The first-order valence-electron chi connectivity index (χ1n) is 37.7. The van der Waals surface area contributed by atoms with Crippen molar-refractivity contribution in [2.75, 3.05) is 107 Å². The monoisotopic (exact) mass is 1530 g/mol. The first-order valence-corrected chi connectivity index (χ1v) is 38.1. The summed E-state index contributed by atoms with van der Waals surface area (Å²) in [5.74, 6) is 1.68. The zero-order valence-corrected chi connectivity index (χ0v) is 67.8. The van der Waals surface area contributed by atoms with Crippen LogP contribution in [0, 0.1) is 23.7 Å². The highest BCUT2D eigenvalue weighted by Gasteiger charge is 2.33. The number of nitrogens with zero attached hydrogens (tertiary/aromatic N) is 4. The number of ether oxygens (including phenoxy) is 11. The topological polar surface area (TPSA) is 310 Å². The zero-order chi connectivity index (χ0) is 79.6. The number of rotatable bonds is 24. The molecule has 0 bridgehead atoms. The number of nitrogens with one attached hydrogen (secondary N) is 2. The highest BCUT2D eigenvalue weighted by Crippen LogP contribution is 2.27. The number of hydrogen-bond donors (Lipinski definition) is 4. The summed E-state index contributed by atoms with van der Waals surface area (Å²) in [7, 11) is 6.93. The summed E-state index contributed by atoms with van der Waals surface area (Å²) in [6.07, 6.45) is 9.42. The highest BCUT2D eigenvalue weighted by molar-refractivity contribution is 6.61. The molecule has 3 unspecified atom stereocenters. The van der Waals surface area contributed by atoms with Crippen LogP contribution < -0.4 is 22.1 Å². The van der Waals surface area contributed by atoms with E-state index in [1.165, 1.54) is 0 Å². The quantitative estimate of drug-likeness (QED) is 0.0478. The molecule has 0 spiro atoms. The van der Waals surface area contributed by atoms with Crippen molar-refractivity contribution < 1.29 is 85.7 Å². The van der Waals surface area contributed by atoms with Gasteiger partial charge in [0, 0.05) is 131 Å². The van der Waals surface area contributed by atoms with E-state index in [-0.39, 0.29) is 56.2 Å². The summed E-state index contributed by atoms with van der Waals surface area (Å²) in [6, 6.07) is 28.0. The number of amides is 6. The third-order valence-corrected chi connectivity index (χ3v) is 17.6. The first-order chi connectivity index (χ1) is 50.4. The number of carbonyl (C=O) groups excluding carboxylic acids is 7. The maximum absolute atomic E-state index is 12.5. The molecule has 6 N–H and O–H groups in total. The summed E-state index contributed by atoms with van der Waals surface area (Å²) in [5, 5.41) is 5.58. The third kappa shape index (κ3) is 43.6. The summed E-state index contributed by atoms with van der Waals surface area (Å²) >= 11 is 4.97. The van der Waals surface area contributed by atoms with E-state index in [4.69, 9.17) is 70.4 Å². The van der Waals surface area contributed by atoms with Gasteiger partial charge in [0.2, 0.25) is 0 Å². The van der Waals surface area contributed by atoms with Crippen molar-refractivity contribution in [3.05, 3.63) is 108 Å². The number of carbonyl (C=O) groups is 7. The minimum absolute atomic E-state index is 0.0153. The minimum Gasteiger partial charge on any atom is -0.449 e. The molecule has 0 aliphatic carbocycles. The molecule has 8 atom stereocenters. The molecule has 4 saturated heterocycles. The fourth-order valence-corrected chi connectivity index (χ4v) is 11.7. The van der Waals surface area contributed by atoms with Crippen molar-refractivity contribution in [2.45, 2.75) is 227 Å². The summed E-state index contributed by atoms with van der Waals surface area (Å²) in [6.45, 7) is 30.5. The molecule has 4 aliphatic rings. The molecule has 0 radical (unpaired) electrons. The van der Waals surface area contributed by atoms with Crippen LogP contribution in [0.5, 0.6) is 0 Å². The number of halogens is 1. The van der Waals surface area contributed by atoms with Crippen LogP contribution in [0.25, 0.3) is 0 Å². The van der Waals surface area contributed by atoms with Crippen LogP contribution in [0.15, 0.2) is 91.0 Å². The van der Waals surface area contributed by atoms with E-state index in [0.717, 1.165) is 133 Å². The van der Waals surface area contributed by atoms with Gasteiger partial charge >= 0.3 is 42.0 Å². The lowest BCUT2D eigenvalue weighted by Crippen LogP contribution is -2.48. The van der Waals surface area contributed by atoms with Gasteiger partial charge < -0.3 is 93.8 Å². The van der Waals surface area contributed by atoms with E-state index in [0.29, 0.717) is 63.1 Å². The Morgan fingerprint density at radius 2 is 0.636 bits per heavy atom. The molecule has 6 amide bonds. The second-order valence-corrected chi connectivity index (χ2v) is 31.9. The SMILES string of the molecule is CN(C(=O)OC(C)(C)C)C(CN)C[C@H]1CCCOC1.CN(C(=O)OC(C)(C)C)C(CN)C[C@H]1CCCOC1.CN(C(=O)OC(C)(C)C)C(CNC(=O)OCc1ccccc1)C[C@H]1CCCOC1.CN(C(=O)OC(C)(C)C)[C@H](CNC(=O)OCc1ccccc1)C[C@H]1CCCOC1.O=C(Cl)OCc1ccccc1. The van der Waals surface area contributed by atoms with Crippen molar-refractivity contribution >= 4 is 53.6 Å². The van der Waals surface area contributed by atoms with Gasteiger partial charge in [-0.25, -0.2) is 33.6 Å². The Morgan fingerprint density at radius 3 is 0.850 bits per heavy atom. The number of benzene rings is 3. The fraction of sp³-hybridized carbons (Fsp3) is 0.688. The zero-order valence-electron chi connectivity index (χ0n) is 67.0. The van der Waals surface area contributed by atoms with Gasteiger partial charge in [-0.1, -0.05) is 91.0 Å². The van der Waals surface area contributed by atoms with Gasteiger partial charge in [0.05, 0.1) is 12.1 Å². The van der Waals surface area contributed by atoms with Gasteiger partial charge in [0.15, 0.2) is 0 Å². The van der Waals surface area contributed by atoms with Crippen molar-refractivity contribution in [3.63, 3.8) is 0 Å². The summed E-state index contributed by atoms with van der Waals surface area (Å²) in [4.78, 5) is 89.9. The molecule has 4 aliphatic heterocycles. The van der Waals surface area contributed by atoms with Gasteiger partial charge in [0.1, 0.15) is 42.2 Å². The second kappa shape index (κ2) is 49.8. The van der Waals surface area contributed by atoms with Gasteiger partial charge in [-0.2, -0.15) is 0 Å². The van der Waals surface area contributed by atoms with Crippen LogP contribution in [0.2, 0.25) is 0 Å². The number of likely N-dealkylation sites (N-methyl/N-ethyl adjacent to an activating group) is 4. The molecule has 3 aromatic carbocycles. The molecule has 27 heteroatoms. The Morgan fingerprint density at radius 1 is 0.402 bits per heavy atom. The lowest BCUT2D eigenvalue weighted by Gasteiger charge is -2.34. The van der Waals surface area contributed by atoms with Gasteiger partial charge in [-0.15, -0.1) is 0 Å². The van der Waals surface area contributed by atoms with E-state index in [1.54, 1.807) is 47.8 Å². The van der Waals surface area contributed by atoms with Crippen molar-refractivity contribution in [3.8, 4) is 0 Å². The Kier molecular flexibility index (Phi) is 43.7. The molecule has 26 nitrogen and oxygen atoms in total. The Balaban J connectivity index is 0.000000359. The van der Waals surface area contributed by atoms with Crippen molar-refractivity contribution in [2.24, 2.45) is 35.1 Å². The molecule has 0 saturated carbocycles. The molecule has 107 heavy (non-hydrogen) atoms. The highest BCUT2D eigenvalue weighted by atomic mass is 35.5. The number of nitrogens with two attached hydrogens (primary N) is 2. The van der Waals surface area contributed by atoms with Crippen molar-refractivity contribution in [1.82, 2.24) is 30.2 Å². The molecular formula is C80H131ClN8O18. The maximum Gasteiger partial charge on any atom is 0.410 e. The van der Waals surface area contributed by atoms with Crippen LogP contribution in [0.4, 0.5) is 33.6 Å². The van der Waals surface area contributed by atoms with Crippen LogP contribution in [0.3, 0.4) is 0 Å². The van der Waals surface area contributed by atoms with E-state index < -0.39 is 52.2 Å². The van der Waals surface area contributed by atoms with Crippen LogP contribution in [-0.2, 0) is 71.9 Å². The second-order valence-electron chi connectivity index (χ2n) is 31.6. The third-order valence-electron chi connectivity index (χ3n) is 17.5. The first kappa shape index (κ1) is 94.0. The summed E-state index contributed by atoms with van der Waals surface area (Å²) in [5.41, 5.74) is 11.5. The normalized spacial score (nSPS) is 18.4. The van der Waals surface area contributed by atoms with Crippen LogP contribution >= 0.6 is 11.6 Å². The standard InChI is InChI=1S/2C22H34N2O5.2C14H28N2O3.C8H7ClO2/c2*1-22(2,3)29-21(26)24(4)19(13-18-11-8-12-27-15-18)14-23-20(25)28-16-17-9-6-5-7-10-17;2*1-14(2,3)19-13(17)16(4)12(9-15)8-11-6-5-7-18-10-11;9-8(10)11-6-7-4-2-1-3-5-7/h2*5-7,9-10,18-19H,8,11-16H2,1-4H3,(H,23,25);2*11-12H,5-10,15H2,1-4H3;1-5H,6H2/t18-,19?;18-,19+;2*11-,12?;/m1111./s1. The fourth-order valence-electron chi connectivity index (χ4n) is 11.7. The van der Waals surface area contributed by atoms with E-state index in [9.17, 15) is 33.6 Å². The largest absolute Gasteiger partial charge is 0.449 e. The van der Waals surface area contributed by atoms with Gasteiger partial charge in [-0.05, 0) is 200 Å². The van der Waals surface area contributed by atoms with E-state index >= 15 is 0 Å². The van der Waals surface area contributed by atoms with Crippen LogP contribution in [0.1, 0.15) is 177 Å². The van der Waals surface area contributed by atoms with E-state index in [2.05, 4.69) is 15.4 Å². The lowest BCUT2D eigenvalue weighted by atomic mass is 9.94. The minimum atomic E-state index is -0.770. The van der Waals surface area contributed by atoms with E-state index in [1.807, 2.05) is 174 Å². The molecule has 3 aromatic rings. The molecule has 4 heterocycles. The van der Waals surface area contributed by atoms with Gasteiger partial charge in [-0.3, -0.25) is 0 Å². The Labute approximate surface area is 643 Å². The smallest absolute Gasteiger partial charge is 0.410 e. The molecular weight excluding hydrogens is 1400 g/mol. The predicted molar refractivity (Wildman–Crippen MR) is 414 cm³/mol. The maximum atomic E-state index is 12.5. The average Bonchev–Trinajstić information content (AvgIpc) is 0.879. The summed E-state index contributed by atoms with van der Waals surface area (Å²) < 4.78 is 58.9. The molecule has 606 valence electrons. The molecule has 7 rings (SSSR count). The lowest BCUT2D eigenvalue weighted by molar-refractivity contribution is 0.0106. The van der Waals surface area contributed by atoms with Crippen molar-refractivity contribution in [1.29, 1.82) is 0 Å².